The molecule has 0 heterocycles. The number of hydrogen-bond acceptors (Lipinski definition) is 1. The molecule has 0 amide bonds. The SMILES string of the molecule is CCCCC(CC)CN(c1ccccc1)c1ccccc1. The smallest absolute Gasteiger partial charge is 0.0410 e. The summed E-state index contributed by atoms with van der Waals surface area (Å²) in [6.07, 6.45) is 5.18. The van der Waals surface area contributed by atoms with Gasteiger partial charge in [-0.05, 0) is 36.6 Å². The molecule has 2 rings (SSSR count). The topological polar surface area (TPSA) is 3.24 Å². The number of benzene rings is 2. The molecule has 2 aromatic rings. The molecule has 0 bridgehead atoms. The monoisotopic (exact) mass is 281 g/mol. The van der Waals surface area contributed by atoms with Crippen molar-refractivity contribution in [3.05, 3.63) is 60.7 Å². The lowest BCUT2D eigenvalue weighted by molar-refractivity contribution is 0.458. The molecule has 0 aliphatic heterocycles. The molecule has 0 saturated heterocycles. The van der Waals surface area contributed by atoms with E-state index in [4.69, 9.17) is 0 Å². The number of nitrogens with zero attached hydrogens (tertiary/aromatic N) is 1. The molecule has 2 aromatic carbocycles. The highest BCUT2D eigenvalue weighted by Crippen LogP contribution is 2.28. The lowest BCUT2D eigenvalue weighted by atomic mass is 9.98. The first kappa shape index (κ1) is 15.6. The van der Waals surface area contributed by atoms with E-state index < -0.39 is 0 Å². The first-order chi connectivity index (χ1) is 10.3. The zero-order chi connectivity index (χ0) is 14.9. The summed E-state index contributed by atoms with van der Waals surface area (Å²) in [5.41, 5.74) is 2.58. The quantitative estimate of drug-likeness (QED) is 0.570. The Morgan fingerprint density at radius 1 is 0.810 bits per heavy atom. The van der Waals surface area contributed by atoms with E-state index in [1.165, 1.54) is 37.1 Å². The Morgan fingerprint density at radius 2 is 1.33 bits per heavy atom. The Morgan fingerprint density at radius 3 is 1.76 bits per heavy atom. The van der Waals surface area contributed by atoms with E-state index in [-0.39, 0.29) is 0 Å². The van der Waals surface area contributed by atoms with Crippen LogP contribution in [0.4, 0.5) is 11.4 Å². The largest absolute Gasteiger partial charge is 0.341 e. The molecule has 0 aromatic heterocycles. The molecule has 1 atom stereocenters. The molecular weight excluding hydrogens is 254 g/mol. The molecule has 1 heteroatoms. The van der Waals surface area contributed by atoms with Crippen molar-refractivity contribution in [1.29, 1.82) is 0 Å². The number of anilines is 2. The fourth-order valence-corrected chi connectivity index (χ4v) is 2.75. The van der Waals surface area contributed by atoms with Gasteiger partial charge in [-0.3, -0.25) is 0 Å². The summed E-state index contributed by atoms with van der Waals surface area (Å²) in [6.45, 7) is 5.69. The Labute approximate surface area is 129 Å². The van der Waals surface area contributed by atoms with E-state index in [2.05, 4.69) is 79.4 Å². The van der Waals surface area contributed by atoms with E-state index in [9.17, 15) is 0 Å². The van der Waals surface area contributed by atoms with Crippen molar-refractivity contribution >= 4 is 11.4 Å². The zero-order valence-corrected chi connectivity index (χ0v) is 13.3. The fraction of sp³-hybridized carbons (Fsp3) is 0.400. The molecule has 112 valence electrons. The normalized spacial score (nSPS) is 12.1. The van der Waals surface area contributed by atoms with Crippen LogP contribution in [0.25, 0.3) is 0 Å². The summed E-state index contributed by atoms with van der Waals surface area (Å²) in [6, 6.07) is 21.5. The number of rotatable bonds is 8. The third-order valence-electron chi connectivity index (χ3n) is 4.12. The number of hydrogen-bond donors (Lipinski definition) is 0. The van der Waals surface area contributed by atoms with Crippen LogP contribution < -0.4 is 4.90 Å². The summed E-state index contributed by atoms with van der Waals surface area (Å²) < 4.78 is 0. The van der Waals surface area contributed by atoms with E-state index >= 15 is 0 Å². The molecule has 21 heavy (non-hydrogen) atoms. The Kier molecular flexibility index (Phi) is 6.33. The summed E-state index contributed by atoms with van der Waals surface area (Å²) in [7, 11) is 0. The third-order valence-corrected chi connectivity index (χ3v) is 4.12. The molecule has 1 nitrogen and oxygen atoms in total. The van der Waals surface area contributed by atoms with Crippen LogP contribution in [0.2, 0.25) is 0 Å². The van der Waals surface area contributed by atoms with Gasteiger partial charge >= 0.3 is 0 Å². The lowest BCUT2D eigenvalue weighted by Crippen LogP contribution is -2.24. The van der Waals surface area contributed by atoms with Crippen LogP contribution in [-0.4, -0.2) is 6.54 Å². The van der Waals surface area contributed by atoms with Gasteiger partial charge in [0, 0.05) is 17.9 Å². The van der Waals surface area contributed by atoms with E-state index in [0.717, 1.165) is 12.5 Å². The second kappa shape index (κ2) is 8.51. The first-order valence-corrected chi connectivity index (χ1v) is 8.22. The summed E-state index contributed by atoms with van der Waals surface area (Å²) in [5.74, 6) is 0.755. The molecule has 0 N–H and O–H groups in total. The van der Waals surface area contributed by atoms with Gasteiger partial charge in [0.2, 0.25) is 0 Å². The van der Waals surface area contributed by atoms with Gasteiger partial charge in [-0.15, -0.1) is 0 Å². The highest BCUT2D eigenvalue weighted by atomic mass is 15.1. The number of para-hydroxylation sites is 2. The molecule has 0 spiro atoms. The van der Waals surface area contributed by atoms with Crippen molar-refractivity contribution in [2.75, 3.05) is 11.4 Å². The van der Waals surface area contributed by atoms with Crippen LogP contribution in [0.15, 0.2) is 60.7 Å². The van der Waals surface area contributed by atoms with Gasteiger partial charge in [-0.2, -0.15) is 0 Å². The van der Waals surface area contributed by atoms with Crippen molar-refractivity contribution in [3.8, 4) is 0 Å². The van der Waals surface area contributed by atoms with Gasteiger partial charge in [0.25, 0.3) is 0 Å². The predicted octanol–water partition coefficient (Wildman–Crippen LogP) is 6.04. The van der Waals surface area contributed by atoms with Crippen molar-refractivity contribution < 1.29 is 0 Å². The summed E-state index contributed by atoms with van der Waals surface area (Å²) in [4.78, 5) is 2.46. The molecule has 0 aliphatic carbocycles. The van der Waals surface area contributed by atoms with Crippen LogP contribution in [0.5, 0.6) is 0 Å². The van der Waals surface area contributed by atoms with E-state index in [1.807, 2.05) is 0 Å². The summed E-state index contributed by atoms with van der Waals surface area (Å²) >= 11 is 0. The second-order valence-corrected chi connectivity index (χ2v) is 5.70. The molecule has 1 unspecified atom stereocenters. The van der Waals surface area contributed by atoms with Gasteiger partial charge < -0.3 is 4.90 Å². The van der Waals surface area contributed by atoms with Crippen LogP contribution in [-0.2, 0) is 0 Å². The van der Waals surface area contributed by atoms with Crippen LogP contribution in [0, 0.1) is 5.92 Å². The zero-order valence-electron chi connectivity index (χ0n) is 13.3. The Hall–Kier alpha value is -1.76. The van der Waals surface area contributed by atoms with Crippen LogP contribution >= 0.6 is 0 Å². The van der Waals surface area contributed by atoms with Gasteiger partial charge in [-0.1, -0.05) is 69.5 Å². The maximum atomic E-state index is 2.46. The average molecular weight is 281 g/mol. The molecule has 0 saturated carbocycles. The van der Waals surface area contributed by atoms with E-state index in [0.29, 0.717) is 0 Å². The summed E-state index contributed by atoms with van der Waals surface area (Å²) in [5, 5.41) is 0. The maximum Gasteiger partial charge on any atom is 0.0410 e. The Balaban J connectivity index is 2.20. The van der Waals surface area contributed by atoms with Crippen LogP contribution in [0.3, 0.4) is 0 Å². The number of unbranched alkanes of at least 4 members (excludes halogenated alkanes) is 1. The fourth-order valence-electron chi connectivity index (χ4n) is 2.75. The van der Waals surface area contributed by atoms with Gasteiger partial charge in [0.15, 0.2) is 0 Å². The molecule has 0 aliphatic rings. The molecular formula is C20H27N. The second-order valence-electron chi connectivity index (χ2n) is 5.70. The average Bonchev–Trinajstić information content (AvgIpc) is 2.57. The minimum atomic E-state index is 0.755. The minimum Gasteiger partial charge on any atom is -0.341 e. The van der Waals surface area contributed by atoms with Gasteiger partial charge in [0.05, 0.1) is 0 Å². The van der Waals surface area contributed by atoms with Crippen molar-refractivity contribution in [1.82, 2.24) is 0 Å². The van der Waals surface area contributed by atoms with Gasteiger partial charge in [-0.25, -0.2) is 0 Å². The van der Waals surface area contributed by atoms with Crippen molar-refractivity contribution in [3.63, 3.8) is 0 Å². The molecule has 0 fully saturated rings. The lowest BCUT2D eigenvalue weighted by Gasteiger charge is -2.29. The first-order valence-electron chi connectivity index (χ1n) is 8.22. The Bertz CT molecular complexity index is 452. The highest BCUT2D eigenvalue weighted by molar-refractivity contribution is 5.62. The third kappa shape index (κ3) is 4.63. The van der Waals surface area contributed by atoms with Gasteiger partial charge in [0.1, 0.15) is 0 Å². The molecule has 0 radical (unpaired) electrons. The van der Waals surface area contributed by atoms with Crippen LogP contribution in [0.1, 0.15) is 39.5 Å². The maximum absolute atomic E-state index is 2.46. The minimum absolute atomic E-state index is 0.755. The van der Waals surface area contributed by atoms with E-state index in [1.54, 1.807) is 0 Å². The highest BCUT2D eigenvalue weighted by Gasteiger charge is 2.14. The van der Waals surface area contributed by atoms with Crippen molar-refractivity contribution in [2.24, 2.45) is 5.92 Å². The van der Waals surface area contributed by atoms with Crippen molar-refractivity contribution in [2.45, 2.75) is 39.5 Å². The standard InChI is InChI=1S/C20H27N/c1-3-5-12-18(4-2)17-21(19-13-8-6-9-14-19)20-15-10-7-11-16-20/h6-11,13-16,18H,3-5,12,17H2,1-2H3. The predicted molar refractivity (Wildman–Crippen MR) is 93.2 cm³/mol.